The largest absolute Gasteiger partial charge is 0.497 e. The van der Waals surface area contributed by atoms with E-state index in [2.05, 4.69) is 11.2 Å². The molecule has 0 fully saturated rings. The molecule has 0 aromatic heterocycles. The lowest BCUT2D eigenvalue weighted by molar-refractivity contribution is -0.130. The van der Waals surface area contributed by atoms with Crippen molar-refractivity contribution in [2.75, 3.05) is 14.2 Å². The molecular formula is C20H22N2O3. The fraction of sp³-hybridized carbons (Fsp3) is 0.300. The maximum atomic E-state index is 12.1. The first-order valence-corrected chi connectivity index (χ1v) is 8.19. The summed E-state index contributed by atoms with van der Waals surface area (Å²) in [4.78, 5) is 12.1. The number of hydrogen-bond acceptors (Lipinski definition) is 4. The van der Waals surface area contributed by atoms with Gasteiger partial charge in [0.2, 0.25) is 5.91 Å². The molecule has 5 heteroatoms. The summed E-state index contributed by atoms with van der Waals surface area (Å²) in [7, 11) is 3.24. The van der Waals surface area contributed by atoms with Crippen molar-refractivity contribution in [2.45, 2.75) is 26.3 Å². The first-order valence-electron chi connectivity index (χ1n) is 8.19. The molecular weight excluding hydrogens is 316 g/mol. The van der Waals surface area contributed by atoms with E-state index in [1.165, 1.54) is 0 Å². The van der Waals surface area contributed by atoms with Crippen molar-refractivity contribution in [1.82, 2.24) is 5.01 Å². The van der Waals surface area contributed by atoms with Gasteiger partial charge in [-0.2, -0.15) is 5.10 Å². The summed E-state index contributed by atoms with van der Waals surface area (Å²) < 4.78 is 10.7. The van der Waals surface area contributed by atoms with E-state index in [-0.39, 0.29) is 11.9 Å². The number of hydrazone groups is 1. The van der Waals surface area contributed by atoms with Crippen molar-refractivity contribution in [3.05, 3.63) is 59.2 Å². The van der Waals surface area contributed by atoms with E-state index in [0.717, 1.165) is 28.2 Å². The predicted octanol–water partition coefficient (Wildman–Crippen LogP) is 3.71. The van der Waals surface area contributed by atoms with Crippen molar-refractivity contribution in [3.63, 3.8) is 0 Å². The summed E-state index contributed by atoms with van der Waals surface area (Å²) in [5, 5.41) is 6.15. The summed E-state index contributed by atoms with van der Waals surface area (Å²) in [5.74, 6) is 1.33. The zero-order valence-corrected chi connectivity index (χ0v) is 14.9. The van der Waals surface area contributed by atoms with Crippen LogP contribution in [0.4, 0.5) is 0 Å². The number of hydrogen-bond donors (Lipinski definition) is 0. The van der Waals surface area contributed by atoms with E-state index in [0.29, 0.717) is 12.2 Å². The second kappa shape index (κ2) is 6.97. The van der Waals surface area contributed by atoms with Gasteiger partial charge in [-0.15, -0.1) is 0 Å². The lowest BCUT2D eigenvalue weighted by Crippen LogP contribution is -2.24. The van der Waals surface area contributed by atoms with Crippen LogP contribution in [-0.4, -0.2) is 30.8 Å². The third-order valence-electron chi connectivity index (χ3n) is 4.38. The number of carbonyl (C=O) groups excluding carboxylic acids is 1. The Morgan fingerprint density at radius 1 is 1.16 bits per heavy atom. The van der Waals surface area contributed by atoms with Gasteiger partial charge in [0.25, 0.3) is 0 Å². The molecule has 2 aromatic rings. The van der Waals surface area contributed by atoms with Crippen molar-refractivity contribution in [3.8, 4) is 11.5 Å². The van der Waals surface area contributed by atoms with Crippen LogP contribution in [0.2, 0.25) is 0 Å². The highest BCUT2D eigenvalue weighted by Crippen LogP contribution is 2.36. The molecule has 0 saturated heterocycles. The summed E-state index contributed by atoms with van der Waals surface area (Å²) >= 11 is 0. The maximum Gasteiger partial charge on any atom is 0.240 e. The molecule has 1 unspecified atom stereocenters. The zero-order chi connectivity index (χ0) is 18.0. The summed E-state index contributed by atoms with van der Waals surface area (Å²) in [5.41, 5.74) is 3.96. The molecule has 1 aliphatic heterocycles. The maximum absolute atomic E-state index is 12.1. The van der Waals surface area contributed by atoms with Crippen LogP contribution < -0.4 is 9.47 Å². The topological polar surface area (TPSA) is 51.1 Å². The Kier molecular flexibility index (Phi) is 4.74. The molecule has 3 rings (SSSR count). The predicted molar refractivity (Wildman–Crippen MR) is 97.1 cm³/mol. The molecule has 1 atom stereocenters. The molecule has 0 radical (unpaired) electrons. The van der Waals surface area contributed by atoms with Crippen LogP contribution in [-0.2, 0) is 4.79 Å². The van der Waals surface area contributed by atoms with Crippen LogP contribution in [0.5, 0.6) is 11.5 Å². The van der Waals surface area contributed by atoms with Crippen LogP contribution in [0.1, 0.15) is 36.1 Å². The highest BCUT2D eigenvalue weighted by molar-refractivity contribution is 6.05. The van der Waals surface area contributed by atoms with E-state index >= 15 is 0 Å². The average Bonchev–Trinajstić information content (AvgIpc) is 3.06. The SMILES string of the molecule is COc1ccc(C2=NN(C(C)=O)C(c3cccc(C)c3)C2)c(OC)c1. The fourth-order valence-corrected chi connectivity index (χ4v) is 3.14. The van der Waals surface area contributed by atoms with Gasteiger partial charge < -0.3 is 9.47 Å². The quantitative estimate of drug-likeness (QED) is 0.854. The standard InChI is InChI=1S/C20H22N2O3/c1-13-6-5-7-15(10-13)19-12-18(21-22(19)14(2)23)17-9-8-16(24-3)11-20(17)25-4/h5-11,19H,12H2,1-4H3. The van der Waals surface area contributed by atoms with E-state index in [1.807, 2.05) is 43.3 Å². The third kappa shape index (κ3) is 3.36. The Bertz CT molecular complexity index is 829. The van der Waals surface area contributed by atoms with Crippen molar-refractivity contribution in [2.24, 2.45) is 5.10 Å². The van der Waals surface area contributed by atoms with Crippen LogP contribution in [0.3, 0.4) is 0 Å². The fourth-order valence-electron chi connectivity index (χ4n) is 3.14. The monoisotopic (exact) mass is 338 g/mol. The number of benzene rings is 2. The van der Waals surface area contributed by atoms with Crippen molar-refractivity contribution in [1.29, 1.82) is 0 Å². The Hall–Kier alpha value is -2.82. The molecule has 1 amide bonds. The van der Waals surface area contributed by atoms with Crippen LogP contribution in [0.15, 0.2) is 47.6 Å². The van der Waals surface area contributed by atoms with E-state index in [1.54, 1.807) is 26.2 Å². The lowest BCUT2D eigenvalue weighted by Gasteiger charge is -2.20. The minimum absolute atomic E-state index is 0.0750. The smallest absolute Gasteiger partial charge is 0.240 e. The molecule has 0 N–H and O–H groups in total. The average molecular weight is 338 g/mol. The molecule has 0 aliphatic carbocycles. The highest BCUT2D eigenvalue weighted by Gasteiger charge is 2.32. The van der Waals surface area contributed by atoms with Crippen LogP contribution in [0.25, 0.3) is 0 Å². The van der Waals surface area contributed by atoms with Gasteiger partial charge in [-0.05, 0) is 24.6 Å². The van der Waals surface area contributed by atoms with Crippen LogP contribution >= 0.6 is 0 Å². The molecule has 25 heavy (non-hydrogen) atoms. The molecule has 5 nitrogen and oxygen atoms in total. The van der Waals surface area contributed by atoms with Gasteiger partial charge in [0.15, 0.2) is 0 Å². The summed E-state index contributed by atoms with van der Waals surface area (Å²) in [6.07, 6.45) is 0.645. The summed E-state index contributed by atoms with van der Waals surface area (Å²) in [6, 6.07) is 13.7. The highest BCUT2D eigenvalue weighted by atomic mass is 16.5. The molecule has 1 heterocycles. The van der Waals surface area contributed by atoms with Gasteiger partial charge >= 0.3 is 0 Å². The normalized spacial score (nSPS) is 16.6. The molecule has 0 spiro atoms. The van der Waals surface area contributed by atoms with E-state index < -0.39 is 0 Å². The molecule has 0 bridgehead atoms. The van der Waals surface area contributed by atoms with Crippen molar-refractivity contribution >= 4 is 11.6 Å². The Labute approximate surface area is 147 Å². The molecule has 1 aliphatic rings. The van der Waals surface area contributed by atoms with Gasteiger partial charge in [0, 0.05) is 25.0 Å². The number of nitrogens with zero attached hydrogens (tertiary/aromatic N) is 2. The number of rotatable bonds is 4. The third-order valence-corrected chi connectivity index (χ3v) is 4.38. The minimum atomic E-state index is -0.0980. The Morgan fingerprint density at radius 2 is 1.96 bits per heavy atom. The van der Waals surface area contributed by atoms with E-state index in [9.17, 15) is 4.79 Å². The Morgan fingerprint density at radius 3 is 2.60 bits per heavy atom. The first kappa shape index (κ1) is 17.0. The molecule has 2 aromatic carbocycles. The van der Waals surface area contributed by atoms with Gasteiger partial charge in [0.05, 0.1) is 26.0 Å². The van der Waals surface area contributed by atoms with Gasteiger partial charge in [0.1, 0.15) is 11.5 Å². The second-order valence-electron chi connectivity index (χ2n) is 6.11. The Balaban J connectivity index is 1.99. The van der Waals surface area contributed by atoms with Crippen LogP contribution in [0, 0.1) is 6.92 Å². The number of aryl methyl sites for hydroxylation is 1. The number of ether oxygens (including phenoxy) is 2. The lowest BCUT2D eigenvalue weighted by atomic mass is 9.97. The van der Waals surface area contributed by atoms with Gasteiger partial charge in [-0.25, -0.2) is 5.01 Å². The molecule has 130 valence electrons. The van der Waals surface area contributed by atoms with Gasteiger partial charge in [-0.1, -0.05) is 29.8 Å². The van der Waals surface area contributed by atoms with E-state index in [4.69, 9.17) is 9.47 Å². The number of carbonyl (C=O) groups is 1. The molecule has 0 saturated carbocycles. The summed E-state index contributed by atoms with van der Waals surface area (Å²) in [6.45, 7) is 3.59. The minimum Gasteiger partial charge on any atom is -0.497 e. The number of methoxy groups -OCH3 is 2. The number of amides is 1. The van der Waals surface area contributed by atoms with Gasteiger partial charge in [-0.3, -0.25) is 4.79 Å². The second-order valence-corrected chi connectivity index (χ2v) is 6.11. The van der Waals surface area contributed by atoms with Crippen molar-refractivity contribution < 1.29 is 14.3 Å². The zero-order valence-electron chi connectivity index (χ0n) is 14.9. The first-order chi connectivity index (χ1) is 12.0.